The molecule has 1 aromatic carbocycles. The van der Waals surface area contributed by atoms with Crippen molar-refractivity contribution in [2.75, 3.05) is 11.9 Å². The molecule has 1 aliphatic carbocycles. The Balaban J connectivity index is 1.83. The van der Waals surface area contributed by atoms with Crippen molar-refractivity contribution in [3.63, 3.8) is 0 Å². The lowest BCUT2D eigenvalue weighted by Gasteiger charge is -2.21. The van der Waals surface area contributed by atoms with Crippen molar-refractivity contribution in [3.05, 3.63) is 29.8 Å². The standard InChI is InChI=1S/C18H26N2O2/c1-14(21)16-11-7-8-12-17(16)19-13-18(22)20-15-9-5-3-2-4-6-10-15/h7-8,11-12,15,19H,2-6,9-10,13H2,1H3,(H,20,22). The highest BCUT2D eigenvalue weighted by atomic mass is 16.2. The van der Waals surface area contributed by atoms with E-state index in [1.165, 1.54) is 39.0 Å². The zero-order valence-corrected chi connectivity index (χ0v) is 13.4. The van der Waals surface area contributed by atoms with Crippen LogP contribution in [0, 0.1) is 0 Å². The molecule has 0 atom stereocenters. The summed E-state index contributed by atoms with van der Waals surface area (Å²) in [4.78, 5) is 23.7. The van der Waals surface area contributed by atoms with Gasteiger partial charge in [0, 0.05) is 17.3 Å². The Morgan fingerprint density at radius 1 is 1.05 bits per heavy atom. The molecule has 0 radical (unpaired) electrons. The lowest BCUT2D eigenvalue weighted by atomic mass is 9.97. The van der Waals surface area contributed by atoms with E-state index in [-0.39, 0.29) is 18.2 Å². The van der Waals surface area contributed by atoms with E-state index in [0.717, 1.165) is 18.5 Å². The Morgan fingerprint density at radius 2 is 1.68 bits per heavy atom. The van der Waals surface area contributed by atoms with Crippen molar-refractivity contribution in [1.29, 1.82) is 0 Å². The molecule has 1 aliphatic rings. The molecular formula is C18H26N2O2. The van der Waals surface area contributed by atoms with Gasteiger partial charge in [0.15, 0.2) is 5.78 Å². The summed E-state index contributed by atoms with van der Waals surface area (Å²) < 4.78 is 0. The molecule has 0 spiro atoms. The predicted molar refractivity (Wildman–Crippen MR) is 89.2 cm³/mol. The quantitative estimate of drug-likeness (QED) is 0.818. The van der Waals surface area contributed by atoms with Crippen molar-refractivity contribution >= 4 is 17.4 Å². The molecule has 22 heavy (non-hydrogen) atoms. The van der Waals surface area contributed by atoms with Gasteiger partial charge in [0.1, 0.15) is 0 Å². The highest BCUT2D eigenvalue weighted by Gasteiger charge is 2.14. The van der Waals surface area contributed by atoms with Crippen molar-refractivity contribution in [3.8, 4) is 0 Å². The first-order valence-electron chi connectivity index (χ1n) is 8.30. The first kappa shape index (κ1) is 16.5. The number of ketones is 1. The number of hydrogen-bond donors (Lipinski definition) is 2. The van der Waals surface area contributed by atoms with Crippen LogP contribution in [0.2, 0.25) is 0 Å². The van der Waals surface area contributed by atoms with Gasteiger partial charge >= 0.3 is 0 Å². The molecule has 2 rings (SSSR count). The van der Waals surface area contributed by atoms with Gasteiger partial charge < -0.3 is 10.6 Å². The zero-order chi connectivity index (χ0) is 15.8. The lowest BCUT2D eigenvalue weighted by Crippen LogP contribution is -2.38. The van der Waals surface area contributed by atoms with E-state index in [9.17, 15) is 9.59 Å². The normalized spacial score (nSPS) is 16.4. The maximum atomic E-state index is 12.1. The van der Waals surface area contributed by atoms with Crippen molar-refractivity contribution in [1.82, 2.24) is 5.32 Å². The van der Waals surface area contributed by atoms with E-state index >= 15 is 0 Å². The van der Waals surface area contributed by atoms with Crippen LogP contribution in [0.25, 0.3) is 0 Å². The molecular weight excluding hydrogens is 276 g/mol. The van der Waals surface area contributed by atoms with E-state index in [0.29, 0.717) is 11.6 Å². The van der Waals surface area contributed by atoms with Crippen LogP contribution in [0.3, 0.4) is 0 Å². The van der Waals surface area contributed by atoms with E-state index in [2.05, 4.69) is 10.6 Å². The van der Waals surface area contributed by atoms with Gasteiger partial charge in [-0.1, -0.05) is 44.2 Å². The second-order valence-corrected chi connectivity index (χ2v) is 6.06. The molecule has 1 aromatic rings. The monoisotopic (exact) mass is 302 g/mol. The van der Waals surface area contributed by atoms with Gasteiger partial charge in [-0.2, -0.15) is 0 Å². The predicted octanol–water partition coefficient (Wildman–Crippen LogP) is 3.53. The Kier molecular flexibility index (Phi) is 6.44. The highest BCUT2D eigenvalue weighted by Crippen LogP contribution is 2.17. The van der Waals surface area contributed by atoms with Crippen LogP contribution in [-0.2, 0) is 4.79 Å². The minimum atomic E-state index is 0.00327. The average Bonchev–Trinajstić information content (AvgIpc) is 2.48. The molecule has 0 saturated heterocycles. The topological polar surface area (TPSA) is 58.2 Å². The number of carbonyl (C=O) groups excluding carboxylic acids is 2. The summed E-state index contributed by atoms with van der Waals surface area (Å²) in [7, 11) is 0. The van der Waals surface area contributed by atoms with Crippen molar-refractivity contribution < 1.29 is 9.59 Å². The number of rotatable bonds is 5. The molecule has 4 heteroatoms. The van der Waals surface area contributed by atoms with E-state index in [1.807, 2.05) is 18.2 Å². The lowest BCUT2D eigenvalue weighted by molar-refractivity contribution is -0.120. The summed E-state index contributed by atoms with van der Waals surface area (Å²) >= 11 is 0. The average molecular weight is 302 g/mol. The Bertz CT molecular complexity index is 506. The van der Waals surface area contributed by atoms with Crippen LogP contribution in [-0.4, -0.2) is 24.3 Å². The summed E-state index contributed by atoms with van der Waals surface area (Å²) in [6.45, 7) is 1.75. The SMILES string of the molecule is CC(=O)c1ccccc1NCC(=O)NC1CCCCCCC1. The van der Waals surface area contributed by atoms with Crippen LogP contribution >= 0.6 is 0 Å². The molecule has 4 nitrogen and oxygen atoms in total. The Hall–Kier alpha value is -1.84. The number of benzene rings is 1. The summed E-state index contributed by atoms with van der Waals surface area (Å²) in [6.07, 6.45) is 8.43. The second kappa shape index (κ2) is 8.57. The van der Waals surface area contributed by atoms with E-state index < -0.39 is 0 Å². The Morgan fingerprint density at radius 3 is 2.36 bits per heavy atom. The number of amides is 1. The van der Waals surface area contributed by atoms with Gasteiger partial charge in [0.2, 0.25) is 5.91 Å². The molecule has 0 unspecified atom stereocenters. The van der Waals surface area contributed by atoms with Crippen LogP contribution in [0.4, 0.5) is 5.69 Å². The minimum absolute atomic E-state index is 0.00327. The summed E-state index contributed by atoms with van der Waals surface area (Å²) in [5, 5.41) is 6.20. The fourth-order valence-corrected chi connectivity index (χ4v) is 3.00. The smallest absolute Gasteiger partial charge is 0.239 e. The van der Waals surface area contributed by atoms with Gasteiger partial charge in [-0.05, 0) is 31.9 Å². The van der Waals surface area contributed by atoms with Crippen LogP contribution in [0.5, 0.6) is 0 Å². The maximum Gasteiger partial charge on any atom is 0.239 e. The molecule has 0 aromatic heterocycles. The van der Waals surface area contributed by atoms with Gasteiger partial charge in [0.05, 0.1) is 6.54 Å². The number of hydrogen-bond acceptors (Lipinski definition) is 3. The van der Waals surface area contributed by atoms with E-state index in [1.54, 1.807) is 6.07 Å². The molecule has 120 valence electrons. The van der Waals surface area contributed by atoms with Gasteiger partial charge in [-0.25, -0.2) is 0 Å². The fourth-order valence-electron chi connectivity index (χ4n) is 3.00. The molecule has 0 aliphatic heterocycles. The van der Waals surface area contributed by atoms with Gasteiger partial charge in [0.25, 0.3) is 0 Å². The van der Waals surface area contributed by atoms with Crippen molar-refractivity contribution in [2.24, 2.45) is 0 Å². The molecule has 1 fully saturated rings. The first-order chi connectivity index (χ1) is 10.7. The third kappa shape index (κ3) is 5.17. The second-order valence-electron chi connectivity index (χ2n) is 6.06. The van der Waals surface area contributed by atoms with Crippen molar-refractivity contribution in [2.45, 2.75) is 57.9 Å². The number of para-hydroxylation sites is 1. The number of Topliss-reactive ketones (excluding diaryl/α,β-unsaturated/α-hetero) is 1. The largest absolute Gasteiger partial charge is 0.376 e. The highest BCUT2D eigenvalue weighted by molar-refractivity contribution is 6.00. The van der Waals surface area contributed by atoms with E-state index in [4.69, 9.17) is 0 Å². The van der Waals surface area contributed by atoms with Crippen LogP contribution in [0.15, 0.2) is 24.3 Å². The van der Waals surface area contributed by atoms with Gasteiger partial charge in [-0.3, -0.25) is 9.59 Å². The maximum absolute atomic E-state index is 12.1. The number of anilines is 1. The fraction of sp³-hybridized carbons (Fsp3) is 0.556. The summed E-state index contributed by atoms with van der Waals surface area (Å²) in [6, 6.07) is 7.60. The van der Waals surface area contributed by atoms with Crippen LogP contribution < -0.4 is 10.6 Å². The molecule has 1 saturated carbocycles. The number of carbonyl (C=O) groups is 2. The molecule has 1 amide bonds. The third-order valence-electron chi connectivity index (χ3n) is 4.22. The summed E-state index contributed by atoms with van der Waals surface area (Å²) in [5.41, 5.74) is 1.35. The van der Waals surface area contributed by atoms with Crippen LogP contribution in [0.1, 0.15) is 62.2 Å². The molecule has 0 heterocycles. The first-order valence-corrected chi connectivity index (χ1v) is 8.30. The number of nitrogens with one attached hydrogen (secondary N) is 2. The molecule has 0 bridgehead atoms. The summed E-state index contributed by atoms with van der Waals surface area (Å²) in [5.74, 6) is 0.00690. The third-order valence-corrected chi connectivity index (χ3v) is 4.22. The zero-order valence-electron chi connectivity index (χ0n) is 13.4. The van der Waals surface area contributed by atoms with Gasteiger partial charge in [-0.15, -0.1) is 0 Å². The molecule has 2 N–H and O–H groups in total. The minimum Gasteiger partial charge on any atom is -0.376 e. The Labute approximate surface area is 132 Å².